The van der Waals surface area contributed by atoms with Gasteiger partial charge >= 0.3 is 0 Å². The van der Waals surface area contributed by atoms with E-state index in [1.54, 1.807) is 0 Å². The quantitative estimate of drug-likeness (QED) is 0.548. The van der Waals surface area contributed by atoms with Gasteiger partial charge in [0.2, 0.25) is 10.0 Å². The summed E-state index contributed by atoms with van der Waals surface area (Å²) in [6, 6.07) is 6.57. The number of primary sulfonamides is 1. The van der Waals surface area contributed by atoms with Crippen molar-refractivity contribution in [2.45, 2.75) is 108 Å². The molecule has 1 aliphatic heterocycles. The lowest BCUT2D eigenvalue weighted by Crippen LogP contribution is -2.25. The number of fused-ring (bicyclic) bond motifs is 2. The van der Waals surface area contributed by atoms with Crippen molar-refractivity contribution < 1.29 is 13.2 Å². The maximum absolute atomic E-state index is 12.6. The number of benzene rings is 1. The van der Waals surface area contributed by atoms with Crippen LogP contribution < -0.4 is 9.88 Å². The van der Waals surface area contributed by atoms with E-state index in [2.05, 4.69) is 44.4 Å². The fourth-order valence-corrected chi connectivity index (χ4v) is 7.28. The molecule has 1 spiro atoms. The molecule has 0 radical (unpaired) electrons. The number of aromatic nitrogens is 1. The molecule has 1 unspecified atom stereocenters. The fourth-order valence-electron chi connectivity index (χ4n) is 6.50. The van der Waals surface area contributed by atoms with Crippen molar-refractivity contribution in [1.82, 2.24) is 4.57 Å². The van der Waals surface area contributed by atoms with E-state index in [1.165, 1.54) is 56.1 Å². The van der Waals surface area contributed by atoms with Gasteiger partial charge in [-0.15, -0.1) is 0 Å². The van der Waals surface area contributed by atoms with Gasteiger partial charge in [-0.2, -0.15) is 0 Å². The third-order valence-corrected chi connectivity index (χ3v) is 9.76. The Hall–Kier alpha value is -1.79. The number of nitrogens with zero attached hydrogens (tertiary/aromatic N) is 1. The SMILES string of the molecule is Cc1c(S(N)(=O)=O)cc(-c2cc(C(C)(C)C)c3c(c2)C2(CCO3)CC2)n1C(C)C1CCCCC1. The van der Waals surface area contributed by atoms with Crippen molar-refractivity contribution in [3.8, 4) is 17.0 Å². The average molecular weight is 485 g/mol. The molecule has 6 heteroatoms. The number of hydrogen-bond acceptors (Lipinski definition) is 3. The monoisotopic (exact) mass is 484 g/mol. The highest BCUT2D eigenvalue weighted by Gasteiger charge is 2.49. The number of sulfonamides is 1. The highest BCUT2D eigenvalue weighted by molar-refractivity contribution is 7.89. The number of hydrogen-bond donors (Lipinski definition) is 1. The van der Waals surface area contributed by atoms with Crippen LogP contribution in [0.5, 0.6) is 5.75 Å². The standard InChI is InChI=1S/C28H40N2O3S/c1-18(20-9-7-6-8-10-20)30-19(2)25(34(29,31)32)17-24(30)21-15-22(27(3,4)5)26-23(16-21)28(11-12-28)13-14-33-26/h15-18,20H,6-14H2,1-5H3,(H2,29,31,32). The van der Waals surface area contributed by atoms with Gasteiger partial charge in [0.1, 0.15) is 10.6 Å². The Morgan fingerprint density at radius 2 is 1.76 bits per heavy atom. The summed E-state index contributed by atoms with van der Waals surface area (Å²) in [6.45, 7) is 11.6. The molecule has 3 aliphatic rings. The van der Waals surface area contributed by atoms with E-state index in [1.807, 2.05) is 13.0 Å². The second-order valence-electron chi connectivity index (χ2n) is 12.1. The van der Waals surface area contributed by atoms with Crippen molar-refractivity contribution in [3.63, 3.8) is 0 Å². The zero-order chi connectivity index (χ0) is 24.5. The van der Waals surface area contributed by atoms with Gasteiger partial charge in [-0.1, -0.05) is 40.0 Å². The Labute approximate surface area is 205 Å². The lowest BCUT2D eigenvalue weighted by Gasteiger charge is -2.34. The average Bonchev–Trinajstić information content (AvgIpc) is 3.45. The highest BCUT2D eigenvalue weighted by atomic mass is 32.2. The van der Waals surface area contributed by atoms with Crippen molar-refractivity contribution >= 4 is 10.0 Å². The first kappa shape index (κ1) is 23.9. The number of nitrogens with two attached hydrogens (primary N) is 1. The first-order valence-corrected chi connectivity index (χ1v) is 14.5. The summed E-state index contributed by atoms with van der Waals surface area (Å²) >= 11 is 0. The van der Waals surface area contributed by atoms with Gasteiger partial charge in [0.15, 0.2) is 0 Å². The molecule has 5 nitrogen and oxygen atoms in total. The molecule has 1 atom stereocenters. The molecule has 2 N–H and O–H groups in total. The van der Waals surface area contributed by atoms with Crippen LogP contribution in [-0.4, -0.2) is 19.6 Å². The maximum Gasteiger partial charge on any atom is 0.239 e. The van der Waals surface area contributed by atoms with E-state index in [-0.39, 0.29) is 21.8 Å². The van der Waals surface area contributed by atoms with Crippen LogP contribution in [0, 0.1) is 12.8 Å². The normalized spacial score (nSPS) is 21.2. The predicted octanol–water partition coefficient (Wildman–Crippen LogP) is 6.36. The molecule has 34 heavy (non-hydrogen) atoms. The Morgan fingerprint density at radius 1 is 1.09 bits per heavy atom. The molecule has 2 fully saturated rings. The molecular weight excluding hydrogens is 444 g/mol. The molecule has 1 aromatic carbocycles. The number of rotatable bonds is 4. The predicted molar refractivity (Wildman–Crippen MR) is 137 cm³/mol. The summed E-state index contributed by atoms with van der Waals surface area (Å²) in [5, 5.41) is 5.70. The van der Waals surface area contributed by atoms with Crippen LogP contribution in [0.4, 0.5) is 0 Å². The Bertz CT molecular complexity index is 1190. The van der Waals surface area contributed by atoms with Crippen LogP contribution >= 0.6 is 0 Å². The van der Waals surface area contributed by atoms with Crippen LogP contribution in [0.25, 0.3) is 11.3 Å². The molecule has 186 valence electrons. The largest absolute Gasteiger partial charge is 0.493 e. The summed E-state index contributed by atoms with van der Waals surface area (Å²) in [7, 11) is -3.82. The lowest BCUT2D eigenvalue weighted by molar-refractivity contribution is 0.253. The molecule has 0 saturated heterocycles. The van der Waals surface area contributed by atoms with Crippen molar-refractivity contribution in [2.24, 2.45) is 11.1 Å². The molecule has 2 heterocycles. The second kappa shape index (κ2) is 8.12. The summed E-state index contributed by atoms with van der Waals surface area (Å²) < 4.78 is 33.7. The third kappa shape index (κ3) is 4.01. The van der Waals surface area contributed by atoms with Gasteiger partial charge in [-0.25, -0.2) is 13.6 Å². The van der Waals surface area contributed by atoms with E-state index >= 15 is 0 Å². The molecule has 0 amide bonds. The molecule has 2 aliphatic carbocycles. The van der Waals surface area contributed by atoms with Crippen LogP contribution in [0.2, 0.25) is 0 Å². The van der Waals surface area contributed by atoms with E-state index in [9.17, 15) is 8.42 Å². The summed E-state index contributed by atoms with van der Waals surface area (Å²) in [5.41, 5.74) is 5.47. The first-order chi connectivity index (χ1) is 15.9. The molecular formula is C28H40N2O3S. The molecule has 2 aromatic rings. The third-order valence-electron chi connectivity index (χ3n) is 8.74. The van der Waals surface area contributed by atoms with Gasteiger partial charge in [0, 0.05) is 34.0 Å². The molecule has 2 saturated carbocycles. The van der Waals surface area contributed by atoms with Gasteiger partial charge in [-0.05, 0) is 81.0 Å². The second-order valence-corrected chi connectivity index (χ2v) is 13.6. The number of ether oxygens (including phenoxy) is 1. The Balaban J connectivity index is 1.74. The highest BCUT2D eigenvalue weighted by Crippen LogP contribution is 2.58. The van der Waals surface area contributed by atoms with E-state index in [0.29, 0.717) is 5.92 Å². The summed E-state index contributed by atoms with van der Waals surface area (Å²) in [4.78, 5) is 0.248. The smallest absolute Gasteiger partial charge is 0.239 e. The van der Waals surface area contributed by atoms with Crippen LogP contribution in [0.15, 0.2) is 23.1 Å². The molecule has 0 bridgehead atoms. The van der Waals surface area contributed by atoms with Crippen LogP contribution in [-0.2, 0) is 20.9 Å². The minimum Gasteiger partial charge on any atom is -0.493 e. The van der Waals surface area contributed by atoms with Gasteiger partial charge in [0.25, 0.3) is 0 Å². The topological polar surface area (TPSA) is 74.3 Å². The van der Waals surface area contributed by atoms with Gasteiger partial charge in [0.05, 0.1) is 6.61 Å². The lowest BCUT2D eigenvalue weighted by atomic mass is 9.79. The maximum atomic E-state index is 12.6. The van der Waals surface area contributed by atoms with Crippen molar-refractivity contribution in [1.29, 1.82) is 0 Å². The molecule has 1 aromatic heterocycles. The Kier molecular flexibility index (Phi) is 5.72. The zero-order valence-electron chi connectivity index (χ0n) is 21.4. The van der Waals surface area contributed by atoms with E-state index in [0.717, 1.165) is 35.7 Å². The van der Waals surface area contributed by atoms with Gasteiger partial charge in [-0.3, -0.25) is 0 Å². The van der Waals surface area contributed by atoms with Crippen molar-refractivity contribution in [3.05, 3.63) is 35.0 Å². The zero-order valence-corrected chi connectivity index (χ0v) is 22.2. The fraction of sp³-hybridized carbons (Fsp3) is 0.643. The minimum atomic E-state index is -3.82. The van der Waals surface area contributed by atoms with Crippen LogP contribution in [0.1, 0.15) is 102 Å². The summed E-state index contributed by atoms with van der Waals surface area (Å²) in [6.07, 6.45) is 9.65. The molecule has 5 rings (SSSR count). The van der Waals surface area contributed by atoms with E-state index in [4.69, 9.17) is 9.88 Å². The Morgan fingerprint density at radius 3 is 2.35 bits per heavy atom. The first-order valence-electron chi connectivity index (χ1n) is 13.0. The van der Waals surface area contributed by atoms with Gasteiger partial charge < -0.3 is 9.30 Å². The summed E-state index contributed by atoms with van der Waals surface area (Å²) in [5.74, 6) is 1.60. The van der Waals surface area contributed by atoms with E-state index < -0.39 is 10.0 Å². The van der Waals surface area contributed by atoms with Crippen molar-refractivity contribution in [2.75, 3.05) is 6.61 Å². The van der Waals surface area contributed by atoms with Crippen LogP contribution in [0.3, 0.4) is 0 Å². The minimum absolute atomic E-state index is 0.0856.